The average Bonchev–Trinajstić information content (AvgIpc) is 2.50. The first-order valence-electron chi connectivity index (χ1n) is 6.81. The maximum Gasteiger partial charge on any atom is 0.364 e. The van der Waals surface area contributed by atoms with Crippen molar-refractivity contribution in [1.29, 1.82) is 0 Å². The Morgan fingerprint density at radius 3 is 2.43 bits per heavy atom. The highest BCUT2D eigenvalue weighted by Gasteiger charge is 2.21. The van der Waals surface area contributed by atoms with Crippen LogP contribution < -0.4 is 5.32 Å². The smallest absolute Gasteiger partial charge is 0.364 e. The first kappa shape index (κ1) is 15.1. The molecule has 0 bridgehead atoms. The standard InChI is InChI=1S/C17H19NO3/c1-13-8-6-7-11-15(13)18-16(17(19)21-20-2)12-14-9-4-3-5-10-14/h3-11,16,18H,12H2,1-2H3/t16-/m0/s1. The van der Waals surface area contributed by atoms with Crippen LogP contribution >= 0.6 is 0 Å². The van der Waals surface area contributed by atoms with Gasteiger partial charge in [-0.05, 0) is 24.1 Å². The quantitative estimate of drug-likeness (QED) is 0.654. The molecule has 0 heterocycles. The Hall–Kier alpha value is -2.33. The summed E-state index contributed by atoms with van der Waals surface area (Å²) in [6, 6.07) is 17.1. The fourth-order valence-corrected chi connectivity index (χ4v) is 2.11. The summed E-state index contributed by atoms with van der Waals surface area (Å²) in [4.78, 5) is 21.2. The van der Waals surface area contributed by atoms with Crippen molar-refractivity contribution in [3.05, 3.63) is 65.7 Å². The van der Waals surface area contributed by atoms with Crippen molar-refractivity contribution in [2.45, 2.75) is 19.4 Å². The number of para-hydroxylation sites is 1. The number of anilines is 1. The van der Waals surface area contributed by atoms with Crippen LogP contribution in [0.15, 0.2) is 54.6 Å². The number of hydrogen-bond donors (Lipinski definition) is 1. The highest BCUT2D eigenvalue weighted by molar-refractivity contribution is 5.79. The highest BCUT2D eigenvalue weighted by atomic mass is 17.2. The zero-order valence-corrected chi connectivity index (χ0v) is 12.2. The van der Waals surface area contributed by atoms with Crippen LogP contribution in [-0.4, -0.2) is 19.1 Å². The number of benzene rings is 2. The van der Waals surface area contributed by atoms with Crippen LogP contribution in [0, 0.1) is 6.92 Å². The Kier molecular flexibility index (Phi) is 5.35. The second kappa shape index (κ2) is 7.45. The van der Waals surface area contributed by atoms with Gasteiger partial charge in [0.25, 0.3) is 0 Å². The minimum atomic E-state index is -0.506. The number of rotatable bonds is 6. The highest BCUT2D eigenvalue weighted by Crippen LogP contribution is 2.17. The lowest BCUT2D eigenvalue weighted by molar-refractivity contribution is -0.255. The van der Waals surface area contributed by atoms with Crippen molar-refractivity contribution >= 4 is 11.7 Å². The Bertz CT molecular complexity index is 584. The third kappa shape index (κ3) is 4.33. The molecule has 1 N–H and O–H groups in total. The fourth-order valence-electron chi connectivity index (χ4n) is 2.11. The van der Waals surface area contributed by atoms with Crippen molar-refractivity contribution in [2.75, 3.05) is 12.4 Å². The van der Waals surface area contributed by atoms with Crippen LogP contribution in [0.2, 0.25) is 0 Å². The first-order valence-corrected chi connectivity index (χ1v) is 6.81. The van der Waals surface area contributed by atoms with E-state index in [-0.39, 0.29) is 0 Å². The van der Waals surface area contributed by atoms with Gasteiger partial charge in [0.15, 0.2) is 0 Å². The molecule has 0 fully saturated rings. The molecule has 0 saturated carbocycles. The van der Waals surface area contributed by atoms with Gasteiger partial charge in [-0.25, -0.2) is 4.79 Å². The monoisotopic (exact) mass is 285 g/mol. The van der Waals surface area contributed by atoms with Gasteiger partial charge in [-0.15, -0.1) is 0 Å². The van der Waals surface area contributed by atoms with Crippen molar-refractivity contribution in [2.24, 2.45) is 0 Å². The zero-order valence-electron chi connectivity index (χ0n) is 12.2. The number of carbonyl (C=O) groups is 1. The van der Waals surface area contributed by atoms with Gasteiger partial charge in [0, 0.05) is 12.1 Å². The van der Waals surface area contributed by atoms with Crippen LogP contribution in [0.4, 0.5) is 5.69 Å². The molecular weight excluding hydrogens is 266 g/mol. The molecule has 2 aromatic rings. The van der Waals surface area contributed by atoms with Crippen molar-refractivity contribution in [3.63, 3.8) is 0 Å². The summed E-state index contributed by atoms with van der Waals surface area (Å²) in [6.45, 7) is 1.99. The number of hydrogen-bond acceptors (Lipinski definition) is 4. The van der Waals surface area contributed by atoms with E-state index in [1.54, 1.807) is 0 Å². The minimum absolute atomic E-state index is 0.440. The van der Waals surface area contributed by atoms with Crippen molar-refractivity contribution < 1.29 is 14.6 Å². The molecule has 0 aliphatic carbocycles. The lowest BCUT2D eigenvalue weighted by atomic mass is 10.1. The van der Waals surface area contributed by atoms with Gasteiger partial charge in [0.1, 0.15) is 6.04 Å². The molecule has 1 atom stereocenters. The first-order chi connectivity index (χ1) is 10.2. The van der Waals surface area contributed by atoms with E-state index >= 15 is 0 Å². The predicted octanol–water partition coefficient (Wildman–Crippen LogP) is 3.12. The Morgan fingerprint density at radius 2 is 1.76 bits per heavy atom. The Labute approximate surface area is 124 Å². The summed E-state index contributed by atoms with van der Waals surface area (Å²) in [7, 11) is 1.32. The van der Waals surface area contributed by atoms with Gasteiger partial charge in [-0.3, -0.25) is 4.89 Å². The van der Waals surface area contributed by atoms with Gasteiger partial charge in [-0.2, -0.15) is 4.89 Å². The Balaban J connectivity index is 2.16. The maximum absolute atomic E-state index is 12.1. The third-order valence-corrected chi connectivity index (χ3v) is 3.21. The summed E-state index contributed by atoms with van der Waals surface area (Å²) < 4.78 is 0. The second-order valence-corrected chi connectivity index (χ2v) is 4.77. The molecule has 4 heteroatoms. The summed E-state index contributed by atoms with van der Waals surface area (Å²) in [6.07, 6.45) is 0.525. The molecular formula is C17H19NO3. The number of aryl methyl sites for hydroxylation is 1. The van der Waals surface area contributed by atoms with E-state index in [0.29, 0.717) is 6.42 Å². The molecule has 0 radical (unpaired) electrons. The predicted molar refractivity (Wildman–Crippen MR) is 81.8 cm³/mol. The molecule has 0 amide bonds. The lowest BCUT2D eigenvalue weighted by Gasteiger charge is -2.18. The lowest BCUT2D eigenvalue weighted by Crippen LogP contribution is -2.33. The summed E-state index contributed by atoms with van der Waals surface area (Å²) in [5.74, 6) is -0.440. The Morgan fingerprint density at radius 1 is 1.10 bits per heavy atom. The van der Waals surface area contributed by atoms with Crippen LogP contribution in [0.5, 0.6) is 0 Å². The fraction of sp³-hybridized carbons (Fsp3) is 0.235. The van der Waals surface area contributed by atoms with Crippen LogP contribution in [0.25, 0.3) is 0 Å². The minimum Gasteiger partial charge on any atom is -0.372 e. The van der Waals surface area contributed by atoms with E-state index in [0.717, 1.165) is 16.8 Å². The molecule has 0 aromatic heterocycles. The second-order valence-electron chi connectivity index (χ2n) is 4.77. The molecule has 2 rings (SSSR count). The van der Waals surface area contributed by atoms with E-state index in [9.17, 15) is 4.79 Å². The van der Waals surface area contributed by atoms with E-state index in [1.165, 1.54) is 7.11 Å². The SMILES string of the molecule is COOC(=O)[C@H](Cc1ccccc1)Nc1ccccc1C. The molecule has 0 spiro atoms. The molecule has 0 unspecified atom stereocenters. The summed E-state index contributed by atoms with van der Waals surface area (Å²) >= 11 is 0. The number of carbonyl (C=O) groups excluding carboxylic acids is 1. The van der Waals surface area contributed by atoms with E-state index in [1.807, 2.05) is 61.5 Å². The molecule has 0 aliphatic heterocycles. The van der Waals surface area contributed by atoms with Crippen LogP contribution in [0.3, 0.4) is 0 Å². The van der Waals surface area contributed by atoms with E-state index in [2.05, 4.69) is 15.1 Å². The molecule has 110 valence electrons. The molecule has 2 aromatic carbocycles. The van der Waals surface area contributed by atoms with Gasteiger partial charge < -0.3 is 5.32 Å². The summed E-state index contributed by atoms with van der Waals surface area (Å²) in [5.41, 5.74) is 3.03. The van der Waals surface area contributed by atoms with Crippen LogP contribution in [-0.2, 0) is 21.0 Å². The summed E-state index contributed by atoms with van der Waals surface area (Å²) in [5, 5.41) is 3.23. The largest absolute Gasteiger partial charge is 0.372 e. The van der Waals surface area contributed by atoms with E-state index < -0.39 is 12.0 Å². The maximum atomic E-state index is 12.1. The normalized spacial score (nSPS) is 11.7. The average molecular weight is 285 g/mol. The van der Waals surface area contributed by atoms with Crippen LogP contribution in [0.1, 0.15) is 11.1 Å². The zero-order chi connectivity index (χ0) is 15.1. The van der Waals surface area contributed by atoms with Gasteiger partial charge >= 0.3 is 5.97 Å². The van der Waals surface area contributed by atoms with Gasteiger partial charge in [-0.1, -0.05) is 48.5 Å². The van der Waals surface area contributed by atoms with Crippen molar-refractivity contribution in [3.8, 4) is 0 Å². The molecule has 0 aliphatic rings. The van der Waals surface area contributed by atoms with Gasteiger partial charge in [0.2, 0.25) is 0 Å². The molecule has 21 heavy (non-hydrogen) atoms. The van der Waals surface area contributed by atoms with E-state index in [4.69, 9.17) is 0 Å². The van der Waals surface area contributed by atoms with Crippen molar-refractivity contribution in [1.82, 2.24) is 0 Å². The van der Waals surface area contributed by atoms with Gasteiger partial charge in [0.05, 0.1) is 7.11 Å². The number of nitrogens with one attached hydrogen (secondary N) is 1. The topological polar surface area (TPSA) is 47.6 Å². The molecule has 0 saturated heterocycles. The molecule has 4 nitrogen and oxygen atoms in total. The third-order valence-electron chi connectivity index (χ3n) is 3.21.